The van der Waals surface area contributed by atoms with Crippen LogP contribution in [0.15, 0.2) is 78.5 Å². The molecule has 1 atom stereocenters. The highest BCUT2D eigenvalue weighted by Gasteiger charge is 2.25. The summed E-state index contributed by atoms with van der Waals surface area (Å²) in [6, 6.07) is 18.6. The van der Waals surface area contributed by atoms with Crippen LogP contribution in [0.2, 0.25) is 0 Å². The van der Waals surface area contributed by atoms with Gasteiger partial charge >= 0.3 is 0 Å². The summed E-state index contributed by atoms with van der Waals surface area (Å²) in [4.78, 5) is 17.3. The lowest BCUT2D eigenvalue weighted by molar-refractivity contribution is -0.114. The van der Waals surface area contributed by atoms with Crippen molar-refractivity contribution in [2.75, 3.05) is 0 Å². The highest BCUT2D eigenvalue weighted by molar-refractivity contribution is 5.95. The molecule has 0 saturated carbocycles. The number of primary amides is 1. The van der Waals surface area contributed by atoms with Crippen LogP contribution in [0, 0.1) is 6.92 Å². The number of amides is 1. The van der Waals surface area contributed by atoms with E-state index in [0.29, 0.717) is 12.1 Å². The van der Waals surface area contributed by atoms with E-state index >= 15 is 0 Å². The molecule has 1 amide bonds. The summed E-state index contributed by atoms with van der Waals surface area (Å²) in [5.41, 5.74) is 10.7. The van der Waals surface area contributed by atoms with Crippen LogP contribution in [0.25, 0.3) is 10.9 Å². The molecule has 0 radical (unpaired) electrons. The van der Waals surface area contributed by atoms with Gasteiger partial charge in [0.05, 0.1) is 11.6 Å². The Morgan fingerprint density at radius 2 is 1.85 bits per heavy atom. The molecule has 1 aliphatic rings. The van der Waals surface area contributed by atoms with Crippen LogP contribution in [-0.2, 0) is 11.3 Å². The van der Waals surface area contributed by atoms with E-state index in [-0.39, 0.29) is 6.04 Å². The number of hydrogen-bond donors (Lipinski definition) is 2. The normalized spacial score (nSPS) is 16.7. The van der Waals surface area contributed by atoms with Gasteiger partial charge in [0.1, 0.15) is 0 Å². The van der Waals surface area contributed by atoms with E-state index in [9.17, 15) is 4.79 Å². The molecule has 3 N–H and O–H groups in total. The fourth-order valence-electron chi connectivity index (χ4n) is 3.63. The zero-order chi connectivity index (χ0) is 18.1. The van der Waals surface area contributed by atoms with Crippen molar-refractivity contribution >= 4 is 16.8 Å². The lowest BCUT2D eigenvalue weighted by atomic mass is 9.97. The lowest BCUT2D eigenvalue weighted by Gasteiger charge is -2.32. The zero-order valence-electron chi connectivity index (χ0n) is 14.6. The largest absolute Gasteiger partial charge is 0.366 e. The summed E-state index contributed by atoms with van der Waals surface area (Å²) in [5, 5.41) is 1.20. The molecule has 1 unspecified atom stereocenters. The number of fused-ring (bicyclic) bond motifs is 1. The quantitative estimate of drug-likeness (QED) is 0.753. The van der Waals surface area contributed by atoms with Gasteiger partial charge in [-0.15, -0.1) is 0 Å². The number of carbonyl (C=O) groups is 1. The summed E-state index contributed by atoms with van der Waals surface area (Å²) >= 11 is 0. The van der Waals surface area contributed by atoms with E-state index in [1.807, 2.05) is 36.5 Å². The third-order valence-corrected chi connectivity index (χ3v) is 4.85. The van der Waals surface area contributed by atoms with Crippen molar-refractivity contribution in [3.05, 3.63) is 95.3 Å². The molecular weight excluding hydrogens is 322 g/mol. The Bertz CT molecular complexity index is 1010. The number of nitrogens with one attached hydrogen (secondary N) is 1. The molecule has 4 rings (SSSR count). The highest BCUT2D eigenvalue weighted by Crippen LogP contribution is 2.35. The Balaban J connectivity index is 1.79. The third-order valence-electron chi connectivity index (χ3n) is 4.85. The second kappa shape index (κ2) is 6.56. The number of rotatable bonds is 4. The number of aromatic nitrogens is 1. The number of aromatic amines is 1. The number of para-hydroxylation sites is 1. The number of hydrogen-bond acceptors (Lipinski definition) is 2. The second-order valence-electron chi connectivity index (χ2n) is 6.62. The van der Waals surface area contributed by atoms with E-state index in [1.165, 1.54) is 16.5 Å². The molecule has 0 fully saturated rings. The average Bonchev–Trinajstić information content (AvgIpc) is 2.98. The minimum atomic E-state index is -0.409. The molecule has 2 heterocycles. The van der Waals surface area contributed by atoms with Gasteiger partial charge in [-0.1, -0.05) is 54.6 Å². The first-order valence-electron chi connectivity index (χ1n) is 8.70. The van der Waals surface area contributed by atoms with Crippen molar-refractivity contribution in [2.45, 2.75) is 19.5 Å². The smallest absolute Gasteiger partial charge is 0.250 e. The summed E-state index contributed by atoms with van der Waals surface area (Å²) in [7, 11) is 0. The first kappa shape index (κ1) is 16.2. The fraction of sp³-hybridized carbons (Fsp3) is 0.136. The Kier molecular flexibility index (Phi) is 4.09. The van der Waals surface area contributed by atoms with Crippen molar-refractivity contribution in [1.29, 1.82) is 0 Å². The number of nitrogens with zero attached hydrogens (tertiary/aromatic N) is 1. The molecule has 1 aliphatic heterocycles. The summed E-state index contributed by atoms with van der Waals surface area (Å²) < 4.78 is 0. The van der Waals surface area contributed by atoms with Crippen LogP contribution in [0.1, 0.15) is 22.9 Å². The molecule has 3 aromatic rings. The molecule has 2 aromatic carbocycles. The van der Waals surface area contributed by atoms with Crippen LogP contribution >= 0.6 is 0 Å². The van der Waals surface area contributed by atoms with Crippen molar-refractivity contribution in [3.8, 4) is 0 Å². The van der Waals surface area contributed by atoms with Gasteiger partial charge in [-0.25, -0.2) is 0 Å². The Hall–Kier alpha value is -3.27. The van der Waals surface area contributed by atoms with Crippen LogP contribution in [-0.4, -0.2) is 15.8 Å². The van der Waals surface area contributed by atoms with E-state index in [1.54, 1.807) is 0 Å². The van der Waals surface area contributed by atoms with E-state index < -0.39 is 5.91 Å². The minimum Gasteiger partial charge on any atom is -0.366 e. The van der Waals surface area contributed by atoms with Crippen molar-refractivity contribution in [1.82, 2.24) is 9.88 Å². The predicted molar refractivity (Wildman–Crippen MR) is 104 cm³/mol. The SMILES string of the molecule is Cc1[nH]c2ccccc2c1C1C=CC(C(N)=O)=CN1Cc1ccccc1. The monoisotopic (exact) mass is 343 g/mol. The number of benzene rings is 2. The number of aryl methyl sites for hydroxylation is 1. The summed E-state index contributed by atoms with van der Waals surface area (Å²) in [6.45, 7) is 2.79. The molecule has 0 aliphatic carbocycles. The van der Waals surface area contributed by atoms with Crippen LogP contribution in [0.5, 0.6) is 0 Å². The second-order valence-corrected chi connectivity index (χ2v) is 6.62. The summed E-state index contributed by atoms with van der Waals surface area (Å²) in [6.07, 6.45) is 5.77. The molecule has 1 aromatic heterocycles. The van der Waals surface area contributed by atoms with Gasteiger partial charge in [0.2, 0.25) is 5.91 Å². The first-order chi connectivity index (χ1) is 12.6. The van der Waals surface area contributed by atoms with Crippen LogP contribution < -0.4 is 5.73 Å². The number of carbonyl (C=O) groups excluding carboxylic acids is 1. The topological polar surface area (TPSA) is 62.1 Å². The zero-order valence-corrected chi connectivity index (χ0v) is 14.6. The lowest BCUT2D eigenvalue weighted by Crippen LogP contribution is -2.27. The van der Waals surface area contributed by atoms with Gasteiger partial charge < -0.3 is 15.6 Å². The maximum atomic E-state index is 11.7. The predicted octanol–water partition coefficient (Wildman–Crippen LogP) is 3.96. The van der Waals surface area contributed by atoms with Gasteiger partial charge in [0, 0.05) is 34.9 Å². The Morgan fingerprint density at radius 1 is 1.12 bits per heavy atom. The summed E-state index contributed by atoms with van der Waals surface area (Å²) in [5.74, 6) is -0.409. The Labute approximate surface area is 152 Å². The van der Waals surface area contributed by atoms with Gasteiger partial charge in [-0.2, -0.15) is 0 Å². The van der Waals surface area contributed by atoms with E-state index in [4.69, 9.17) is 5.73 Å². The van der Waals surface area contributed by atoms with Crippen LogP contribution in [0.4, 0.5) is 0 Å². The highest BCUT2D eigenvalue weighted by atomic mass is 16.1. The van der Waals surface area contributed by atoms with E-state index in [2.05, 4.69) is 53.2 Å². The standard InChI is InChI=1S/C22H21N3O/c1-15-21(18-9-5-6-10-19(18)24-15)20-12-11-17(22(23)26)14-25(20)13-16-7-3-2-4-8-16/h2-12,14,20,24H,13H2,1H3,(H2,23,26). The van der Waals surface area contributed by atoms with Gasteiger partial charge in [0.15, 0.2) is 0 Å². The van der Waals surface area contributed by atoms with Crippen LogP contribution in [0.3, 0.4) is 0 Å². The molecule has 0 bridgehead atoms. The van der Waals surface area contributed by atoms with Gasteiger partial charge in [-0.3, -0.25) is 4.79 Å². The van der Waals surface area contributed by atoms with Gasteiger partial charge in [0.25, 0.3) is 0 Å². The molecule has 4 heteroatoms. The molecule has 4 nitrogen and oxygen atoms in total. The Morgan fingerprint density at radius 3 is 2.62 bits per heavy atom. The minimum absolute atomic E-state index is 0.0365. The molecule has 0 saturated heterocycles. The average molecular weight is 343 g/mol. The maximum Gasteiger partial charge on any atom is 0.250 e. The fourth-order valence-corrected chi connectivity index (χ4v) is 3.63. The van der Waals surface area contributed by atoms with Crippen molar-refractivity contribution < 1.29 is 4.79 Å². The molecular formula is C22H21N3O. The van der Waals surface area contributed by atoms with E-state index in [0.717, 1.165) is 11.2 Å². The number of H-pyrrole nitrogens is 1. The molecule has 0 spiro atoms. The van der Waals surface area contributed by atoms with Crippen molar-refractivity contribution in [2.24, 2.45) is 5.73 Å². The maximum absolute atomic E-state index is 11.7. The van der Waals surface area contributed by atoms with Crippen molar-refractivity contribution in [3.63, 3.8) is 0 Å². The molecule has 130 valence electrons. The van der Waals surface area contributed by atoms with Gasteiger partial charge in [-0.05, 0) is 24.6 Å². The number of nitrogens with two attached hydrogens (primary N) is 1. The molecule has 26 heavy (non-hydrogen) atoms. The third kappa shape index (κ3) is 2.90. The first-order valence-corrected chi connectivity index (χ1v) is 8.70.